The first kappa shape index (κ1) is 56.8. The third-order valence-corrected chi connectivity index (χ3v) is 11.7. The van der Waals surface area contributed by atoms with Crippen LogP contribution in [0.5, 0.6) is 5.75 Å². The predicted octanol–water partition coefficient (Wildman–Crippen LogP) is 4.60. The van der Waals surface area contributed by atoms with E-state index in [2.05, 4.69) is 31.9 Å². The van der Waals surface area contributed by atoms with E-state index in [0.29, 0.717) is 47.0 Å². The van der Waals surface area contributed by atoms with E-state index < -0.39 is 71.7 Å². The molecule has 4 rings (SSSR count). The zero-order chi connectivity index (χ0) is 53.5. The molecule has 388 valence electrons. The van der Waals surface area contributed by atoms with Gasteiger partial charge in [-0.3, -0.25) is 24.0 Å². The molecule has 3 atom stereocenters. The average molecular weight is 1020 g/mol. The van der Waals surface area contributed by atoms with E-state index in [4.69, 9.17) is 21.7 Å². The largest absolute Gasteiger partial charge is 0.508 e. The van der Waals surface area contributed by atoms with E-state index in [1.165, 1.54) is 30.3 Å². The summed E-state index contributed by atoms with van der Waals surface area (Å²) in [5, 5.41) is 67.2. The number of nitrogens with one attached hydrogen (secondary N) is 7. The van der Waals surface area contributed by atoms with Gasteiger partial charge in [-0.1, -0.05) is 19.9 Å². The number of phenols is 1. The molecule has 12 N–H and O–H groups in total. The molecular weight excluding hydrogens is 959 g/mol. The molecule has 22 nitrogen and oxygen atoms in total. The summed E-state index contributed by atoms with van der Waals surface area (Å²) in [5.74, 6) is -6.42. The molecule has 1 aliphatic heterocycles. The predicted molar refractivity (Wildman–Crippen MR) is 268 cm³/mol. The molecule has 0 saturated carbocycles. The van der Waals surface area contributed by atoms with Gasteiger partial charge in [0.25, 0.3) is 0 Å². The van der Waals surface area contributed by atoms with Crippen LogP contribution >= 0.6 is 12.2 Å². The summed E-state index contributed by atoms with van der Waals surface area (Å²) in [6.07, 6.45) is 0.163. The van der Waals surface area contributed by atoms with Crippen LogP contribution in [0.1, 0.15) is 103 Å². The Balaban J connectivity index is 1.17. The minimum Gasteiger partial charge on any atom is -0.508 e. The maximum absolute atomic E-state index is 13.1. The second-order valence-corrected chi connectivity index (χ2v) is 19.2. The Hall–Kier alpha value is -7.82. The fourth-order valence-corrected chi connectivity index (χ4v) is 8.01. The van der Waals surface area contributed by atoms with Crippen LogP contribution < -0.4 is 42.6 Å². The molecule has 2 aromatic carbocycles. The van der Waals surface area contributed by atoms with E-state index in [0.717, 1.165) is 0 Å². The second kappa shape index (κ2) is 25.3. The zero-order valence-electron chi connectivity index (χ0n) is 40.4. The maximum Gasteiger partial charge on any atom is 0.336 e. The number of thiocarbonyl (C=S) groups is 1. The highest BCUT2D eigenvalue weighted by Crippen LogP contribution is 2.42. The summed E-state index contributed by atoms with van der Waals surface area (Å²) < 4.78 is 5.92. The zero-order valence-corrected chi connectivity index (χ0v) is 41.2. The number of hydrogen-bond acceptors (Lipinski definition) is 12. The molecular formula is C49H61N7O15S. The van der Waals surface area contributed by atoms with Gasteiger partial charge in [-0.25, -0.2) is 19.2 Å². The molecule has 0 bridgehead atoms. The lowest BCUT2D eigenvalue weighted by atomic mass is 9.80. The van der Waals surface area contributed by atoms with Gasteiger partial charge in [0, 0.05) is 84.7 Å². The highest BCUT2D eigenvalue weighted by Gasteiger charge is 2.29. The molecule has 0 radical (unpaired) electrons. The quantitative estimate of drug-likeness (QED) is 0.0232. The van der Waals surface area contributed by atoms with E-state index in [1.54, 1.807) is 31.2 Å². The molecule has 0 unspecified atom stereocenters. The SMILES string of the molecule is C[C@H](CCC(=O)NCCNC(=O)CC[C@H](NC(=O)N[C@@H](CCC(=O)O)C(=O)O)C(=O)O)NC(=O)CC(C)(C)CCC(C)(C)NC(=S)Nc1ccc(-c2c3ccc(=O)cc-3oc3cc(O)ccc23)c(C(=O)O)c1. The van der Waals surface area contributed by atoms with Crippen molar-refractivity contribution in [1.82, 2.24) is 31.9 Å². The minimum atomic E-state index is -1.58. The number of amides is 5. The van der Waals surface area contributed by atoms with Gasteiger partial charge in [0.1, 0.15) is 29.2 Å². The number of aromatic carboxylic acids is 1. The molecule has 2 aliphatic rings. The van der Waals surface area contributed by atoms with E-state index in [-0.39, 0.29) is 89.8 Å². The number of carbonyl (C=O) groups excluding carboxylic acids is 4. The number of phenolic OH excluding ortho intramolecular Hbond substituents is 1. The molecule has 72 heavy (non-hydrogen) atoms. The van der Waals surface area contributed by atoms with Crippen molar-refractivity contribution in [2.75, 3.05) is 18.4 Å². The first-order valence-corrected chi connectivity index (χ1v) is 23.4. The Morgan fingerprint density at radius 2 is 1.29 bits per heavy atom. The topological polar surface area (TPSA) is 352 Å². The maximum atomic E-state index is 13.1. The van der Waals surface area contributed by atoms with Gasteiger partial charge in [-0.2, -0.15) is 0 Å². The van der Waals surface area contributed by atoms with Crippen molar-refractivity contribution in [3.05, 3.63) is 70.4 Å². The number of aromatic hydroxyl groups is 1. The summed E-state index contributed by atoms with van der Waals surface area (Å²) in [6.45, 7) is 9.68. The number of carbonyl (C=O) groups is 8. The third-order valence-electron chi connectivity index (χ3n) is 11.5. The number of hydrogen-bond donors (Lipinski definition) is 12. The van der Waals surface area contributed by atoms with Crippen LogP contribution in [0.15, 0.2) is 63.8 Å². The number of fused-ring (bicyclic) bond motifs is 2. The molecule has 0 fully saturated rings. The van der Waals surface area contributed by atoms with Crippen molar-refractivity contribution in [2.24, 2.45) is 5.41 Å². The van der Waals surface area contributed by atoms with Crippen LogP contribution in [-0.2, 0) is 28.8 Å². The Morgan fingerprint density at radius 1 is 0.694 bits per heavy atom. The van der Waals surface area contributed by atoms with Crippen LogP contribution in [0, 0.1) is 5.41 Å². The molecule has 2 aromatic rings. The second-order valence-electron chi connectivity index (χ2n) is 18.8. The number of aliphatic carboxylic acids is 3. The van der Waals surface area contributed by atoms with Gasteiger partial charge >= 0.3 is 29.9 Å². The van der Waals surface area contributed by atoms with Crippen molar-refractivity contribution in [2.45, 2.75) is 116 Å². The van der Waals surface area contributed by atoms with Crippen molar-refractivity contribution < 1.29 is 68.3 Å². The van der Waals surface area contributed by atoms with Crippen LogP contribution in [0.25, 0.3) is 33.4 Å². The van der Waals surface area contributed by atoms with E-state index in [1.807, 2.05) is 33.0 Å². The fraction of sp³-hybridized carbons (Fsp3) is 0.429. The minimum absolute atomic E-state index is 0.0153. The fourth-order valence-electron chi connectivity index (χ4n) is 7.61. The number of anilines is 1. The number of benzene rings is 3. The lowest BCUT2D eigenvalue weighted by Gasteiger charge is -2.33. The Kier molecular flexibility index (Phi) is 20.0. The number of carboxylic acid groups (broad SMARTS) is 4. The van der Waals surface area contributed by atoms with Crippen LogP contribution in [0.2, 0.25) is 0 Å². The normalized spacial score (nSPS) is 12.7. The summed E-state index contributed by atoms with van der Waals surface area (Å²) in [6, 6.07) is 8.87. The first-order chi connectivity index (χ1) is 33.7. The summed E-state index contributed by atoms with van der Waals surface area (Å²) >= 11 is 5.64. The molecule has 0 saturated heterocycles. The highest BCUT2D eigenvalue weighted by atomic mass is 32.1. The smallest absolute Gasteiger partial charge is 0.336 e. The van der Waals surface area contributed by atoms with Gasteiger partial charge in [0.05, 0.1) is 5.56 Å². The van der Waals surface area contributed by atoms with Crippen LogP contribution in [0.4, 0.5) is 10.5 Å². The van der Waals surface area contributed by atoms with Gasteiger partial charge in [0.15, 0.2) is 10.5 Å². The monoisotopic (exact) mass is 1020 g/mol. The lowest BCUT2D eigenvalue weighted by Crippen LogP contribution is -2.51. The van der Waals surface area contributed by atoms with Crippen molar-refractivity contribution in [3.8, 4) is 28.2 Å². The third kappa shape index (κ3) is 17.9. The van der Waals surface area contributed by atoms with E-state index in [9.17, 15) is 63.6 Å². The van der Waals surface area contributed by atoms with Crippen molar-refractivity contribution in [3.63, 3.8) is 0 Å². The molecule has 0 spiro atoms. The van der Waals surface area contributed by atoms with Crippen LogP contribution in [0.3, 0.4) is 0 Å². The standard InChI is InChI=1S/C49H61N7O15S/c1-26(6-15-38(59)50-20-21-51-39(60)16-13-34(44(66)67)54-46(70)55-35(45(68)69)14-17-41(62)63)52-40(61)25-48(2,3)18-19-49(4,5)56-47(72)53-27-7-10-30(33(22-27)43(64)65)42-31-11-8-28(57)23-36(31)71-37-24-29(58)9-12-32(37)42/h7-12,22-24,26,34-35,57H,6,13-21,25H2,1-5H3,(H,50,59)(H,51,60)(H,52,61)(H,62,63)(H,64,65)(H,66,67)(H,68,69)(H2,53,56,72)(H2,54,55,70)/t26-,34+,35+/m1/s1. The summed E-state index contributed by atoms with van der Waals surface area (Å²) in [5.41, 5.74) is 0.708. The highest BCUT2D eigenvalue weighted by molar-refractivity contribution is 7.80. The molecule has 1 heterocycles. The Bertz CT molecular complexity index is 2720. The van der Waals surface area contributed by atoms with Crippen molar-refractivity contribution >= 4 is 81.6 Å². The van der Waals surface area contributed by atoms with Gasteiger partial charge in [-0.15, -0.1) is 0 Å². The number of rotatable bonds is 26. The van der Waals surface area contributed by atoms with E-state index >= 15 is 0 Å². The summed E-state index contributed by atoms with van der Waals surface area (Å²) in [7, 11) is 0. The Labute approximate surface area is 419 Å². The van der Waals surface area contributed by atoms with Gasteiger partial charge < -0.3 is 67.2 Å². The average Bonchev–Trinajstić information content (AvgIpc) is 3.27. The molecule has 0 aromatic heterocycles. The molecule has 1 aliphatic carbocycles. The van der Waals surface area contributed by atoms with Crippen molar-refractivity contribution in [1.29, 1.82) is 0 Å². The first-order valence-electron chi connectivity index (χ1n) is 23.0. The lowest BCUT2D eigenvalue weighted by molar-refractivity contribution is -0.141. The molecule has 5 amide bonds. The number of urea groups is 1. The van der Waals surface area contributed by atoms with Gasteiger partial charge in [-0.05, 0) is 112 Å². The molecule has 23 heteroatoms. The Morgan fingerprint density at radius 3 is 1.89 bits per heavy atom. The van der Waals surface area contributed by atoms with Crippen LogP contribution in [-0.4, -0.2) is 115 Å². The summed E-state index contributed by atoms with van der Waals surface area (Å²) in [4.78, 5) is 109. The van der Waals surface area contributed by atoms with Gasteiger partial charge in [0.2, 0.25) is 17.7 Å². The number of carboxylic acids is 4.